The lowest BCUT2D eigenvalue weighted by Gasteiger charge is -2.46. The van der Waals surface area contributed by atoms with Crippen molar-refractivity contribution >= 4 is 23.5 Å². The number of nitrogens with zero attached hydrogens (tertiary/aromatic N) is 2. The van der Waals surface area contributed by atoms with Gasteiger partial charge in [0.15, 0.2) is 0 Å². The first-order chi connectivity index (χ1) is 11.3. The maximum absolute atomic E-state index is 13.2. The van der Waals surface area contributed by atoms with Crippen LogP contribution >= 0.6 is 0 Å². The van der Waals surface area contributed by atoms with Gasteiger partial charge in [-0.15, -0.1) is 0 Å². The van der Waals surface area contributed by atoms with Gasteiger partial charge in [-0.3, -0.25) is 19.8 Å². The zero-order valence-corrected chi connectivity index (χ0v) is 14.5. The fraction of sp³-hybridized carbons (Fsp3) is 0.500. The van der Waals surface area contributed by atoms with Crippen LogP contribution in [0.25, 0.3) is 0 Å². The number of hydrogen-bond acceptors (Lipinski definition) is 4. The number of rotatable bonds is 2. The van der Waals surface area contributed by atoms with Crippen LogP contribution in [0.15, 0.2) is 18.2 Å². The van der Waals surface area contributed by atoms with Crippen molar-refractivity contribution in [2.45, 2.75) is 39.7 Å². The Morgan fingerprint density at radius 2 is 2.00 bits per heavy atom. The summed E-state index contributed by atoms with van der Waals surface area (Å²) in [4.78, 5) is 41.2. The fourth-order valence-corrected chi connectivity index (χ4v) is 3.67. The molecule has 0 aromatic heterocycles. The first-order valence-corrected chi connectivity index (χ1v) is 8.30. The molecule has 0 aliphatic carbocycles. The quantitative estimate of drug-likeness (QED) is 0.841. The van der Waals surface area contributed by atoms with E-state index in [9.17, 15) is 14.4 Å². The summed E-state index contributed by atoms with van der Waals surface area (Å²) in [6.45, 7) is 6.00. The van der Waals surface area contributed by atoms with Crippen molar-refractivity contribution in [3.63, 3.8) is 0 Å². The number of carbonyl (C=O) groups is 3. The minimum Gasteiger partial charge on any atom is -0.373 e. The molecule has 2 aliphatic heterocycles. The molecule has 1 spiro atoms. The Kier molecular flexibility index (Phi) is 3.86. The minimum atomic E-state index is -1.24. The second-order valence-electron chi connectivity index (χ2n) is 6.94. The van der Waals surface area contributed by atoms with E-state index in [1.807, 2.05) is 50.9 Å². The highest BCUT2D eigenvalue weighted by Gasteiger charge is 2.56. The van der Waals surface area contributed by atoms with Crippen LogP contribution in [-0.2, 0) is 16.0 Å². The number of hydrogen-bond donors (Lipinski definition) is 1. The summed E-state index contributed by atoms with van der Waals surface area (Å²) in [7, 11) is 1.87. The molecular formula is C18H23N3O3. The number of imide groups is 2. The van der Waals surface area contributed by atoms with E-state index in [2.05, 4.69) is 5.32 Å². The highest BCUT2D eigenvalue weighted by atomic mass is 16.2. The molecule has 2 aliphatic rings. The van der Waals surface area contributed by atoms with Gasteiger partial charge in [0.05, 0.1) is 0 Å². The third kappa shape index (κ3) is 2.28. The number of barbiturate groups is 1. The van der Waals surface area contributed by atoms with Crippen LogP contribution in [0.1, 0.15) is 31.4 Å². The predicted molar refractivity (Wildman–Crippen MR) is 90.7 cm³/mol. The predicted octanol–water partition coefficient (Wildman–Crippen LogP) is 1.85. The van der Waals surface area contributed by atoms with Crippen LogP contribution in [0.3, 0.4) is 0 Å². The van der Waals surface area contributed by atoms with E-state index in [4.69, 9.17) is 0 Å². The molecule has 6 heteroatoms. The van der Waals surface area contributed by atoms with Crippen LogP contribution in [0.4, 0.5) is 10.5 Å². The molecule has 2 atom stereocenters. The molecule has 3 rings (SSSR count). The van der Waals surface area contributed by atoms with Gasteiger partial charge in [0.25, 0.3) is 0 Å². The second-order valence-corrected chi connectivity index (χ2v) is 6.94. The molecule has 1 aromatic rings. The summed E-state index contributed by atoms with van der Waals surface area (Å²) in [5.41, 5.74) is 1.83. The third-order valence-corrected chi connectivity index (χ3v) is 5.18. The summed E-state index contributed by atoms with van der Waals surface area (Å²) < 4.78 is 0. The Morgan fingerprint density at radius 3 is 2.67 bits per heavy atom. The topological polar surface area (TPSA) is 69.7 Å². The summed E-state index contributed by atoms with van der Waals surface area (Å²) >= 11 is 0. The smallest absolute Gasteiger partial charge is 0.331 e. The van der Waals surface area contributed by atoms with Crippen LogP contribution < -0.4 is 10.2 Å². The van der Waals surface area contributed by atoms with Crippen LogP contribution in [0, 0.1) is 12.3 Å². The number of benzene rings is 1. The van der Waals surface area contributed by atoms with Gasteiger partial charge in [-0.1, -0.05) is 24.6 Å². The first-order valence-electron chi connectivity index (χ1n) is 8.30. The number of carbonyl (C=O) groups excluding carboxylic acids is 3. The molecule has 6 nitrogen and oxygen atoms in total. The Morgan fingerprint density at radius 1 is 1.29 bits per heavy atom. The molecule has 1 unspecified atom stereocenters. The van der Waals surface area contributed by atoms with E-state index in [1.54, 1.807) is 0 Å². The monoisotopic (exact) mass is 329 g/mol. The first kappa shape index (κ1) is 16.5. The van der Waals surface area contributed by atoms with E-state index >= 15 is 0 Å². The van der Waals surface area contributed by atoms with Crippen LogP contribution in [-0.4, -0.2) is 42.4 Å². The second kappa shape index (κ2) is 5.61. The highest BCUT2D eigenvalue weighted by Crippen LogP contribution is 2.40. The maximum atomic E-state index is 13.2. The molecule has 1 fully saturated rings. The number of amides is 4. The molecule has 0 radical (unpaired) electrons. The van der Waals surface area contributed by atoms with Gasteiger partial charge < -0.3 is 4.90 Å². The van der Waals surface area contributed by atoms with Gasteiger partial charge >= 0.3 is 6.03 Å². The standard InChI is InChI=1S/C18H23N3O3/c1-5-12(3)21-16(23)18(15(22)19-17(21)24)9-13-8-11(2)6-7-14(13)20(4)10-18/h6-8,12H,5,9-10H2,1-4H3,(H,19,22,24)/t12?,18-/m0/s1. The van der Waals surface area contributed by atoms with Crippen molar-refractivity contribution in [3.05, 3.63) is 29.3 Å². The van der Waals surface area contributed by atoms with Crippen molar-refractivity contribution in [2.75, 3.05) is 18.5 Å². The minimum absolute atomic E-state index is 0.244. The summed E-state index contributed by atoms with van der Waals surface area (Å²) in [5.74, 6) is -0.874. The van der Waals surface area contributed by atoms with Gasteiger partial charge in [-0.05, 0) is 38.3 Å². The Labute approximate surface area is 141 Å². The average molecular weight is 329 g/mol. The molecule has 4 amide bonds. The zero-order chi connectivity index (χ0) is 17.6. The normalized spacial score (nSPS) is 24.9. The van der Waals surface area contributed by atoms with Crippen molar-refractivity contribution in [2.24, 2.45) is 5.41 Å². The third-order valence-electron chi connectivity index (χ3n) is 5.18. The average Bonchev–Trinajstić information content (AvgIpc) is 2.52. The summed E-state index contributed by atoms with van der Waals surface area (Å²) in [5, 5.41) is 2.40. The molecule has 1 saturated heterocycles. The van der Waals surface area contributed by atoms with Crippen molar-refractivity contribution < 1.29 is 14.4 Å². The number of anilines is 1. The molecule has 128 valence electrons. The number of aryl methyl sites for hydroxylation is 1. The SMILES string of the molecule is CCC(C)N1C(=O)NC(=O)[C@@]2(Cc3cc(C)ccc3N(C)C2)C1=O. The van der Waals surface area contributed by atoms with E-state index in [0.717, 1.165) is 16.8 Å². The molecule has 1 aromatic carbocycles. The maximum Gasteiger partial charge on any atom is 0.331 e. The number of fused-ring (bicyclic) bond motifs is 1. The van der Waals surface area contributed by atoms with Crippen molar-refractivity contribution in [3.8, 4) is 0 Å². The fourth-order valence-electron chi connectivity index (χ4n) is 3.67. The molecule has 24 heavy (non-hydrogen) atoms. The lowest BCUT2D eigenvalue weighted by atomic mass is 9.74. The summed E-state index contributed by atoms with van der Waals surface area (Å²) in [6.07, 6.45) is 0.966. The molecular weight excluding hydrogens is 306 g/mol. The molecule has 1 N–H and O–H groups in total. The lowest BCUT2D eigenvalue weighted by molar-refractivity contribution is -0.152. The van der Waals surface area contributed by atoms with Crippen LogP contribution in [0.2, 0.25) is 0 Å². The van der Waals surface area contributed by atoms with E-state index in [1.165, 1.54) is 4.90 Å². The highest BCUT2D eigenvalue weighted by molar-refractivity contribution is 6.20. The van der Waals surface area contributed by atoms with Crippen LogP contribution in [0.5, 0.6) is 0 Å². The Balaban J connectivity index is 2.07. The van der Waals surface area contributed by atoms with E-state index < -0.39 is 17.4 Å². The Bertz CT molecular complexity index is 730. The van der Waals surface area contributed by atoms with Gasteiger partial charge in [0.2, 0.25) is 11.8 Å². The molecule has 2 heterocycles. The van der Waals surface area contributed by atoms with Gasteiger partial charge in [-0.25, -0.2) is 4.79 Å². The lowest BCUT2D eigenvalue weighted by Crippen LogP contribution is -2.69. The van der Waals surface area contributed by atoms with E-state index in [-0.39, 0.29) is 18.5 Å². The molecule has 0 bridgehead atoms. The molecule has 0 saturated carbocycles. The largest absolute Gasteiger partial charge is 0.373 e. The van der Waals surface area contributed by atoms with Crippen molar-refractivity contribution in [1.29, 1.82) is 0 Å². The van der Waals surface area contributed by atoms with Gasteiger partial charge in [-0.2, -0.15) is 0 Å². The summed E-state index contributed by atoms with van der Waals surface area (Å²) in [6, 6.07) is 5.19. The number of urea groups is 1. The van der Waals surface area contributed by atoms with Gasteiger partial charge in [0.1, 0.15) is 5.41 Å². The van der Waals surface area contributed by atoms with Crippen molar-refractivity contribution in [1.82, 2.24) is 10.2 Å². The van der Waals surface area contributed by atoms with Gasteiger partial charge in [0, 0.05) is 25.3 Å². The van der Waals surface area contributed by atoms with E-state index in [0.29, 0.717) is 12.8 Å². The Hall–Kier alpha value is -2.37. The number of nitrogens with one attached hydrogen (secondary N) is 1. The zero-order valence-electron chi connectivity index (χ0n) is 14.5.